The number of nitrogens with zero attached hydrogens (tertiary/aromatic N) is 1. The molecular weight excluding hydrogens is 152 g/mol. The van der Waals surface area contributed by atoms with Gasteiger partial charge in [0.1, 0.15) is 0 Å². The van der Waals surface area contributed by atoms with Gasteiger partial charge in [0.05, 0.1) is 13.2 Å². The van der Waals surface area contributed by atoms with E-state index in [0.29, 0.717) is 12.1 Å². The minimum absolute atomic E-state index is 0.241. The fraction of sp³-hybridized carbons (Fsp3) is 1.00. The predicted octanol–water partition coefficient (Wildman–Crippen LogP) is 0.443. The molecule has 0 aromatic carbocycles. The lowest BCUT2D eigenvalue weighted by Crippen LogP contribution is -2.53. The minimum Gasteiger partial charge on any atom is -0.379 e. The number of morpholine rings is 1. The van der Waals surface area contributed by atoms with Crippen LogP contribution in [-0.4, -0.2) is 42.8 Å². The van der Waals surface area contributed by atoms with Crippen LogP contribution < -0.4 is 5.73 Å². The van der Waals surface area contributed by atoms with Gasteiger partial charge in [0.25, 0.3) is 0 Å². The second-order valence-corrected chi connectivity index (χ2v) is 3.76. The van der Waals surface area contributed by atoms with Gasteiger partial charge in [-0.25, -0.2) is 0 Å². The van der Waals surface area contributed by atoms with Crippen molar-refractivity contribution in [1.29, 1.82) is 0 Å². The van der Waals surface area contributed by atoms with E-state index < -0.39 is 0 Å². The maximum atomic E-state index is 5.85. The molecule has 3 nitrogen and oxygen atoms in total. The number of nitrogens with two attached hydrogens (primary N) is 1. The molecule has 1 saturated heterocycles. The molecule has 0 bridgehead atoms. The van der Waals surface area contributed by atoms with E-state index in [1.54, 1.807) is 0 Å². The van der Waals surface area contributed by atoms with E-state index >= 15 is 0 Å². The molecule has 3 heteroatoms. The molecule has 2 N–H and O–H groups in total. The molecule has 1 aliphatic rings. The van der Waals surface area contributed by atoms with Crippen LogP contribution in [0.15, 0.2) is 0 Å². The van der Waals surface area contributed by atoms with Gasteiger partial charge in [-0.3, -0.25) is 4.90 Å². The predicted molar refractivity (Wildman–Crippen MR) is 50.1 cm³/mol. The van der Waals surface area contributed by atoms with Crippen molar-refractivity contribution in [1.82, 2.24) is 4.90 Å². The van der Waals surface area contributed by atoms with E-state index in [-0.39, 0.29) is 6.04 Å². The second kappa shape index (κ2) is 4.21. The third kappa shape index (κ3) is 2.19. The largest absolute Gasteiger partial charge is 0.379 e. The Hall–Kier alpha value is -0.120. The molecule has 1 rings (SSSR count). The van der Waals surface area contributed by atoms with Gasteiger partial charge >= 0.3 is 0 Å². The van der Waals surface area contributed by atoms with Crippen LogP contribution in [0.3, 0.4) is 0 Å². The number of hydrogen-bond acceptors (Lipinski definition) is 3. The Kier molecular flexibility index (Phi) is 3.50. The summed E-state index contributed by atoms with van der Waals surface area (Å²) >= 11 is 0. The van der Waals surface area contributed by atoms with Crippen LogP contribution in [0.5, 0.6) is 0 Å². The van der Waals surface area contributed by atoms with E-state index in [2.05, 4.69) is 25.7 Å². The number of rotatable bonds is 2. The maximum absolute atomic E-state index is 5.85. The van der Waals surface area contributed by atoms with Gasteiger partial charge < -0.3 is 10.5 Å². The van der Waals surface area contributed by atoms with Gasteiger partial charge in [-0.05, 0) is 20.8 Å². The molecule has 0 aromatic rings. The van der Waals surface area contributed by atoms with Crippen molar-refractivity contribution in [3.8, 4) is 0 Å². The smallest absolute Gasteiger partial charge is 0.0619 e. The summed E-state index contributed by atoms with van der Waals surface area (Å²) in [4.78, 5) is 2.42. The topological polar surface area (TPSA) is 38.5 Å². The highest BCUT2D eigenvalue weighted by molar-refractivity contribution is 4.81. The van der Waals surface area contributed by atoms with Crippen molar-refractivity contribution in [2.45, 2.75) is 38.9 Å². The van der Waals surface area contributed by atoms with Gasteiger partial charge in [0.2, 0.25) is 0 Å². The summed E-state index contributed by atoms with van der Waals surface area (Å²) in [5.74, 6) is 0. The van der Waals surface area contributed by atoms with E-state index in [4.69, 9.17) is 10.5 Å². The first kappa shape index (κ1) is 9.96. The van der Waals surface area contributed by atoms with Crippen molar-refractivity contribution >= 4 is 0 Å². The standard InChI is InChI=1S/C9H20N2O/c1-7-6-12-5-4-11(7)9(3)8(2)10/h7-9H,4-6,10H2,1-3H3. The summed E-state index contributed by atoms with van der Waals surface area (Å²) in [6, 6.07) is 1.22. The molecule has 0 aromatic heterocycles. The zero-order valence-electron chi connectivity index (χ0n) is 8.29. The van der Waals surface area contributed by atoms with Crippen molar-refractivity contribution in [2.24, 2.45) is 5.73 Å². The molecule has 72 valence electrons. The lowest BCUT2D eigenvalue weighted by Gasteiger charge is -2.39. The molecule has 0 radical (unpaired) electrons. The molecule has 0 spiro atoms. The molecule has 0 saturated carbocycles. The molecule has 0 amide bonds. The van der Waals surface area contributed by atoms with Gasteiger partial charge in [-0.15, -0.1) is 0 Å². The number of ether oxygens (including phenoxy) is 1. The van der Waals surface area contributed by atoms with E-state index in [1.807, 2.05) is 0 Å². The van der Waals surface area contributed by atoms with Gasteiger partial charge in [-0.2, -0.15) is 0 Å². The molecule has 3 atom stereocenters. The molecule has 1 aliphatic heterocycles. The fourth-order valence-electron chi connectivity index (χ4n) is 1.65. The van der Waals surface area contributed by atoms with Crippen LogP contribution in [0.2, 0.25) is 0 Å². The first-order valence-electron chi connectivity index (χ1n) is 4.72. The van der Waals surface area contributed by atoms with Crippen LogP contribution in [0.1, 0.15) is 20.8 Å². The van der Waals surface area contributed by atoms with Gasteiger partial charge in [-0.1, -0.05) is 0 Å². The quantitative estimate of drug-likeness (QED) is 0.657. The maximum Gasteiger partial charge on any atom is 0.0619 e. The highest BCUT2D eigenvalue weighted by atomic mass is 16.5. The fourth-order valence-corrected chi connectivity index (χ4v) is 1.65. The molecular formula is C9H20N2O. The van der Waals surface area contributed by atoms with Crippen LogP contribution in [-0.2, 0) is 4.74 Å². The first-order chi connectivity index (χ1) is 5.63. The molecule has 1 heterocycles. The summed E-state index contributed by atoms with van der Waals surface area (Å²) < 4.78 is 5.36. The summed E-state index contributed by atoms with van der Waals surface area (Å²) in [5, 5.41) is 0. The molecule has 3 unspecified atom stereocenters. The Bertz CT molecular complexity index is 138. The summed E-state index contributed by atoms with van der Waals surface area (Å²) in [6.07, 6.45) is 0. The Balaban J connectivity index is 2.47. The van der Waals surface area contributed by atoms with E-state index in [1.165, 1.54) is 0 Å². The normalized spacial score (nSPS) is 31.5. The average molecular weight is 172 g/mol. The summed E-state index contributed by atoms with van der Waals surface area (Å²) in [5.41, 5.74) is 5.85. The Morgan fingerprint density at radius 1 is 1.50 bits per heavy atom. The lowest BCUT2D eigenvalue weighted by atomic mass is 10.1. The Morgan fingerprint density at radius 3 is 2.67 bits per heavy atom. The number of hydrogen-bond donors (Lipinski definition) is 1. The van der Waals surface area contributed by atoms with Crippen molar-refractivity contribution in [3.63, 3.8) is 0 Å². The van der Waals surface area contributed by atoms with Crippen LogP contribution in [0.25, 0.3) is 0 Å². The average Bonchev–Trinajstić information content (AvgIpc) is 2.04. The molecule has 1 fully saturated rings. The summed E-state index contributed by atoms with van der Waals surface area (Å²) in [6.45, 7) is 9.15. The van der Waals surface area contributed by atoms with Gasteiger partial charge in [0, 0.05) is 24.7 Å². The minimum atomic E-state index is 0.241. The monoisotopic (exact) mass is 172 g/mol. The van der Waals surface area contributed by atoms with Crippen molar-refractivity contribution < 1.29 is 4.74 Å². The summed E-state index contributed by atoms with van der Waals surface area (Å²) in [7, 11) is 0. The van der Waals surface area contributed by atoms with Crippen LogP contribution in [0, 0.1) is 0 Å². The zero-order valence-corrected chi connectivity index (χ0v) is 8.29. The third-order valence-corrected chi connectivity index (χ3v) is 2.70. The Labute approximate surface area is 74.9 Å². The van der Waals surface area contributed by atoms with Crippen LogP contribution in [0.4, 0.5) is 0 Å². The van der Waals surface area contributed by atoms with Crippen LogP contribution >= 0.6 is 0 Å². The zero-order chi connectivity index (χ0) is 9.14. The second-order valence-electron chi connectivity index (χ2n) is 3.76. The van der Waals surface area contributed by atoms with Crippen molar-refractivity contribution in [3.05, 3.63) is 0 Å². The van der Waals surface area contributed by atoms with Gasteiger partial charge in [0.15, 0.2) is 0 Å². The first-order valence-corrected chi connectivity index (χ1v) is 4.72. The Morgan fingerprint density at radius 2 is 2.17 bits per heavy atom. The highest BCUT2D eigenvalue weighted by Crippen LogP contribution is 2.11. The van der Waals surface area contributed by atoms with E-state index in [9.17, 15) is 0 Å². The van der Waals surface area contributed by atoms with E-state index in [0.717, 1.165) is 19.8 Å². The van der Waals surface area contributed by atoms with Crippen molar-refractivity contribution in [2.75, 3.05) is 19.8 Å². The highest BCUT2D eigenvalue weighted by Gasteiger charge is 2.25. The third-order valence-electron chi connectivity index (χ3n) is 2.70. The lowest BCUT2D eigenvalue weighted by molar-refractivity contribution is -0.0220. The molecule has 12 heavy (non-hydrogen) atoms. The molecule has 0 aliphatic carbocycles. The SMILES string of the molecule is CC(N)C(C)N1CCOCC1C.